The van der Waals surface area contributed by atoms with E-state index in [0.29, 0.717) is 27.4 Å². The molecule has 0 atom stereocenters. The van der Waals surface area contributed by atoms with Gasteiger partial charge in [-0.2, -0.15) is 0 Å². The topological polar surface area (TPSA) is 24.1 Å². The zero-order chi connectivity index (χ0) is 15.2. The average molecular weight is 360 g/mol. The Bertz CT molecular complexity index is 629. The van der Waals surface area contributed by atoms with E-state index in [2.05, 4.69) is 10.6 Å². The second-order valence-electron chi connectivity index (χ2n) is 4.38. The highest BCUT2D eigenvalue weighted by atomic mass is 35.5. The average Bonchev–Trinajstić information content (AvgIpc) is 2.45. The van der Waals surface area contributed by atoms with Gasteiger partial charge in [0.05, 0.1) is 10.7 Å². The Morgan fingerprint density at radius 3 is 2.33 bits per heavy atom. The van der Waals surface area contributed by atoms with Gasteiger partial charge in [-0.15, -0.1) is 0 Å². The normalized spacial score (nSPS) is 10.2. The Morgan fingerprint density at radius 2 is 1.62 bits per heavy atom. The van der Waals surface area contributed by atoms with Crippen LogP contribution < -0.4 is 10.6 Å². The van der Waals surface area contributed by atoms with E-state index in [0.717, 1.165) is 11.4 Å². The van der Waals surface area contributed by atoms with Crippen LogP contribution >= 0.6 is 47.0 Å². The molecule has 0 radical (unpaired) electrons. The van der Waals surface area contributed by atoms with Crippen molar-refractivity contribution in [2.45, 2.75) is 6.42 Å². The molecular weight excluding hydrogens is 347 g/mol. The molecule has 0 saturated carbocycles. The van der Waals surface area contributed by atoms with Gasteiger partial charge in [-0.25, -0.2) is 0 Å². The van der Waals surface area contributed by atoms with E-state index in [1.807, 2.05) is 24.3 Å². The molecule has 0 heterocycles. The van der Waals surface area contributed by atoms with Gasteiger partial charge >= 0.3 is 0 Å². The predicted molar refractivity (Wildman–Crippen MR) is 95.8 cm³/mol. The lowest BCUT2D eigenvalue weighted by Gasteiger charge is -2.12. The van der Waals surface area contributed by atoms with Crippen molar-refractivity contribution in [2.24, 2.45) is 0 Å². The van der Waals surface area contributed by atoms with Crippen LogP contribution in [0.1, 0.15) is 5.56 Å². The SMILES string of the molecule is S=C(NCCc1ccc(Cl)cc1)Nc1cc(Cl)ccc1Cl. The lowest BCUT2D eigenvalue weighted by Crippen LogP contribution is -2.30. The summed E-state index contributed by atoms with van der Waals surface area (Å²) in [4.78, 5) is 0. The van der Waals surface area contributed by atoms with Crippen molar-refractivity contribution in [3.63, 3.8) is 0 Å². The van der Waals surface area contributed by atoms with Crippen LogP contribution in [-0.4, -0.2) is 11.7 Å². The number of hydrogen-bond donors (Lipinski definition) is 2. The van der Waals surface area contributed by atoms with Gasteiger partial charge in [-0.1, -0.05) is 46.9 Å². The Hall–Kier alpha value is -1.000. The Balaban J connectivity index is 1.82. The van der Waals surface area contributed by atoms with E-state index in [1.54, 1.807) is 18.2 Å². The summed E-state index contributed by atoms with van der Waals surface area (Å²) in [5.41, 5.74) is 1.88. The number of anilines is 1. The van der Waals surface area contributed by atoms with E-state index in [1.165, 1.54) is 5.56 Å². The molecule has 0 amide bonds. The third kappa shape index (κ3) is 5.36. The standard InChI is InChI=1S/C15H13Cl3N2S/c16-11-3-1-10(2-4-11)7-8-19-15(21)20-14-9-12(17)5-6-13(14)18/h1-6,9H,7-8H2,(H2,19,20,21). The third-order valence-corrected chi connectivity index (χ3v) is 3.85. The molecule has 0 fully saturated rings. The van der Waals surface area contributed by atoms with Crippen LogP contribution in [0.4, 0.5) is 5.69 Å². The molecule has 2 aromatic rings. The molecule has 0 aliphatic heterocycles. The van der Waals surface area contributed by atoms with Crippen molar-refractivity contribution in [2.75, 3.05) is 11.9 Å². The summed E-state index contributed by atoms with van der Waals surface area (Å²) in [6.07, 6.45) is 0.849. The van der Waals surface area contributed by atoms with Gasteiger partial charge in [-0.3, -0.25) is 0 Å². The van der Waals surface area contributed by atoms with Gasteiger partial charge in [0.2, 0.25) is 0 Å². The van der Waals surface area contributed by atoms with Gasteiger partial charge < -0.3 is 10.6 Å². The quantitative estimate of drug-likeness (QED) is 0.736. The first-order valence-corrected chi connectivity index (χ1v) is 7.83. The minimum atomic E-state index is 0.508. The number of nitrogens with one attached hydrogen (secondary N) is 2. The Labute approximate surface area is 144 Å². The summed E-state index contributed by atoms with van der Waals surface area (Å²) in [5.74, 6) is 0. The molecule has 110 valence electrons. The van der Waals surface area contributed by atoms with Crippen LogP contribution in [0.3, 0.4) is 0 Å². The molecule has 0 aromatic heterocycles. The van der Waals surface area contributed by atoms with Gasteiger partial charge in [0.1, 0.15) is 0 Å². The molecule has 0 aliphatic rings. The van der Waals surface area contributed by atoms with Gasteiger partial charge in [-0.05, 0) is 54.5 Å². The summed E-state index contributed by atoms with van der Waals surface area (Å²) < 4.78 is 0. The van der Waals surface area contributed by atoms with Crippen LogP contribution in [0.15, 0.2) is 42.5 Å². The molecule has 0 saturated heterocycles. The number of rotatable bonds is 4. The lowest BCUT2D eigenvalue weighted by atomic mass is 10.1. The summed E-state index contributed by atoms with van der Waals surface area (Å²) in [5, 5.41) is 8.57. The van der Waals surface area contributed by atoms with E-state index in [4.69, 9.17) is 47.0 Å². The third-order valence-electron chi connectivity index (χ3n) is 2.79. The van der Waals surface area contributed by atoms with Crippen molar-refractivity contribution >= 4 is 57.8 Å². The van der Waals surface area contributed by atoms with Crippen molar-refractivity contribution in [3.8, 4) is 0 Å². The van der Waals surface area contributed by atoms with Gasteiger partial charge in [0.15, 0.2) is 5.11 Å². The number of benzene rings is 2. The van der Waals surface area contributed by atoms with E-state index < -0.39 is 0 Å². The van der Waals surface area contributed by atoms with Crippen molar-refractivity contribution in [1.29, 1.82) is 0 Å². The number of hydrogen-bond acceptors (Lipinski definition) is 1. The number of halogens is 3. The lowest BCUT2D eigenvalue weighted by molar-refractivity contribution is 0.873. The Kier molecular flexibility index (Phi) is 6.12. The zero-order valence-electron chi connectivity index (χ0n) is 11.0. The minimum Gasteiger partial charge on any atom is -0.362 e. The first-order chi connectivity index (χ1) is 10.0. The first-order valence-electron chi connectivity index (χ1n) is 6.29. The maximum atomic E-state index is 6.06. The van der Waals surface area contributed by atoms with Crippen molar-refractivity contribution in [1.82, 2.24) is 5.32 Å². The highest BCUT2D eigenvalue weighted by molar-refractivity contribution is 7.80. The molecule has 2 N–H and O–H groups in total. The Morgan fingerprint density at radius 1 is 0.952 bits per heavy atom. The molecule has 6 heteroatoms. The van der Waals surface area contributed by atoms with E-state index in [-0.39, 0.29) is 0 Å². The first kappa shape index (κ1) is 16.4. The van der Waals surface area contributed by atoms with Crippen LogP contribution in [0.2, 0.25) is 15.1 Å². The summed E-state index contributed by atoms with van der Waals surface area (Å²) in [6, 6.07) is 12.9. The van der Waals surface area contributed by atoms with Crippen molar-refractivity contribution < 1.29 is 0 Å². The fourth-order valence-electron chi connectivity index (χ4n) is 1.73. The van der Waals surface area contributed by atoms with Gasteiger partial charge in [0.25, 0.3) is 0 Å². The molecule has 0 spiro atoms. The monoisotopic (exact) mass is 358 g/mol. The predicted octanol–water partition coefficient (Wildman–Crippen LogP) is 5.18. The maximum absolute atomic E-state index is 6.06. The molecule has 2 rings (SSSR count). The smallest absolute Gasteiger partial charge is 0.170 e. The van der Waals surface area contributed by atoms with Crippen molar-refractivity contribution in [3.05, 3.63) is 63.1 Å². The molecule has 0 unspecified atom stereocenters. The maximum Gasteiger partial charge on any atom is 0.170 e. The fraction of sp³-hybridized carbons (Fsp3) is 0.133. The number of thiocarbonyl (C=S) groups is 1. The largest absolute Gasteiger partial charge is 0.362 e. The van der Waals surface area contributed by atoms with E-state index in [9.17, 15) is 0 Å². The highest BCUT2D eigenvalue weighted by Crippen LogP contribution is 2.25. The zero-order valence-corrected chi connectivity index (χ0v) is 14.1. The van der Waals surface area contributed by atoms with Crippen LogP contribution in [0, 0.1) is 0 Å². The van der Waals surface area contributed by atoms with E-state index >= 15 is 0 Å². The van der Waals surface area contributed by atoms with Crippen LogP contribution in [-0.2, 0) is 6.42 Å². The summed E-state index contributed by atoms with van der Waals surface area (Å²) >= 11 is 23.1. The second kappa shape index (κ2) is 7.85. The molecule has 2 nitrogen and oxygen atoms in total. The molecule has 21 heavy (non-hydrogen) atoms. The molecule has 0 aliphatic carbocycles. The van der Waals surface area contributed by atoms with Crippen LogP contribution in [0.5, 0.6) is 0 Å². The summed E-state index contributed by atoms with van der Waals surface area (Å²) in [7, 11) is 0. The molecular formula is C15H13Cl3N2S. The molecule has 2 aromatic carbocycles. The van der Waals surface area contributed by atoms with Crippen LogP contribution in [0.25, 0.3) is 0 Å². The second-order valence-corrected chi connectivity index (χ2v) is 6.07. The summed E-state index contributed by atoms with van der Waals surface area (Å²) in [6.45, 7) is 0.714. The minimum absolute atomic E-state index is 0.508. The van der Waals surface area contributed by atoms with Gasteiger partial charge in [0, 0.05) is 16.6 Å². The molecule has 0 bridgehead atoms. The highest BCUT2D eigenvalue weighted by Gasteiger charge is 2.03. The fourth-order valence-corrected chi connectivity index (χ4v) is 2.41.